The van der Waals surface area contributed by atoms with Gasteiger partial charge in [-0.1, -0.05) is 31.2 Å². The van der Waals surface area contributed by atoms with Gasteiger partial charge in [-0.05, 0) is 29.8 Å². The minimum absolute atomic E-state index is 0.117. The van der Waals surface area contributed by atoms with E-state index in [2.05, 4.69) is 0 Å². The number of aromatic carboxylic acids is 1. The van der Waals surface area contributed by atoms with Crippen molar-refractivity contribution in [1.29, 1.82) is 0 Å². The normalized spacial score (nSPS) is 12.2. The molecule has 5 heteroatoms. The van der Waals surface area contributed by atoms with Crippen LogP contribution in [0.4, 0.5) is 0 Å². The predicted molar refractivity (Wildman–Crippen MR) is 85.1 cm³/mol. The topological polar surface area (TPSA) is 87.7 Å². The van der Waals surface area contributed by atoms with Crippen molar-refractivity contribution in [3.05, 3.63) is 75.6 Å². The molecule has 3 rings (SSSR count). The predicted octanol–water partition coefficient (Wildman–Crippen LogP) is 3.35. The first-order valence-corrected chi connectivity index (χ1v) is 7.07. The number of fused-ring (bicyclic) bond motifs is 1. The first-order chi connectivity index (χ1) is 11.0. The van der Waals surface area contributed by atoms with E-state index in [1.807, 2.05) is 0 Å². The Bertz CT molecular complexity index is 955. The third-order valence-corrected chi connectivity index (χ3v) is 3.89. The molecule has 0 bridgehead atoms. The van der Waals surface area contributed by atoms with Crippen LogP contribution in [0.3, 0.4) is 0 Å². The maximum absolute atomic E-state index is 12.2. The Morgan fingerprint density at radius 2 is 1.87 bits per heavy atom. The Balaban J connectivity index is 2.18. The molecule has 0 saturated heterocycles. The highest BCUT2D eigenvalue weighted by atomic mass is 16.4. The van der Waals surface area contributed by atoms with E-state index < -0.39 is 17.5 Å². The Morgan fingerprint density at radius 1 is 1.13 bits per heavy atom. The molecule has 0 aliphatic heterocycles. The molecule has 0 saturated carbocycles. The molecule has 1 aromatic heterocycles. The summed E-state index contributed by atoms with van der Waals surface area (Å²) in [6.45, 7) is 1.72. The highest BCUT2D eigenvalue weighted by Gasteiger charge is 2.21. The van der Waals surface area contributed by atoms with E-state index in [9.17, 15) is 14.7 Å². The maximum Gasteiger partial charge on any atom is 0.343 e. The van der Waals surface area contributed by atoms with Gasteiger partial charge in [-0.2, -0.15) is 0 Å². The highest BCUT2D eigenvalue weighted by Crippen LogP contribution is 2.33. The molecule has 0 aliphatic carbocycles. The van der Waals surface area contributed by atoms with Crippen molar-refractivity contribution in [2.45, 2.75) is 12.8 Å². The molecule has 116 valence electrons. The lowest BCUT2D eigenvalue weighted by Gasteiger charge is -2.14. The van der Waals surface area contributed by atoms with Crippen molar-refractivity contribution >= 4 is 16.9 Å². The van der Waals surface area contributed by atoms with Crippen molar-refractivity contribution in [1.82, 2.24) is 0 Å². The average molecular weight is 310 g/mol. The first kappa shape index (κ1) is 14.8. The third kappa shape index (κ3) is 2.57. The summed E-state index contributed by atoms with van der Waals surface area (Å²) in [5, 5.41) is 20.0. The van der Waals surface area contributed by atoms with Gasteiger partial charge in [0, 0.05) is 5.92 Å². The Hall–Kier alpha value is -3.08. The second kappa shape index (κ2) is 5.61. The molecule has 0 radical (unpaired) electrons. The van der Waals surface area contributed by atoms with E-state index in [0.717, 1.165) is 0 Å². The summed E-state index contributed by atoms with van der Waals surface area (Å²) in [5.41, 5.74) is 0.535. The zero-order chi connectivity index (χ0) is 16.6. The van der Waals surface area contributed by atoms with Crippen LogP contribution < -0.4 is 5.63 Å². The number of aromatic hydroxyl groups is 1. The average Bonchev–Trinajstić information content (AvgIpc) is 2.55. The summed E-state index contributed by atoms with van der Waals surface area (Å²) in [6, 6.07) is 13.0. The summed E-state index contributed by atoms with van der Waals surface area (Å²) in [6.07, 6.45) is 0. The van der Waals surface area contributed by atoms with Crippen molar-refractivity contribution in [2.24, 2.45) is 0 Å². The van der Waals surface area contributed by atoms with Crippen LogP contribution in [0.15, 0.2) is 57.7 Å². The van der Waals surface area contributed by atoms with Crippen LogP contribution in [0.1, 0.15) is 34.3 Å². The lowest BCUT2D eigenvalue weighted by molar-refractivity contribution is 0.0696. The molecule has 3 aromatic rings. The zero-order valence-electron chi connectivity index (χ0n) is 12.3. The number of benzene rings is 2. The molecule has 1 atom stereocenters. The molecule has 2 aromatic carbocycles. The van der Waals surface area contributed by atoms with Crippen molar-refractivity contribution < 1.29 is 19.4 Å². The molecular formula is C18H14O5. The van der Waals surface area contributed by atoms with E-state index in [1.54, 1.807) is 43.3 Å². The summed E-state index contributed by atoms with van der Waals surface area (Å²) in [7, 11) is 0. The zero-order valence-corrected chi connectivity index (χ0v) is 12.3. The Labute approximate surface area is 131 Å². The van der Waals surface area contributed by atoms with E-state index in [1.165, 1.54) is 12.1 Å². The maximum atomic E-state index is 12.2. The molecule has 5 nitrogen and oxygen atoms in total. The molecular weight excluding hydrogens is 296 g/mol. The van der Waals surface area contributed by atoms with Gasteiger partial charge < -0.3 is 14.6 Å². The van der Waals surface area contributed by atoms with E-state index in [-0.39, 0.29) is 16.9 Å². The van der Waals surface area contributed by atoms with Crippen molar-refractivity contribution in [2.75, 3.05) is 0 Å². The Morgan fingerprint density at radius 3 is 2.61 bits per heavy atom. The van der Waals surface area contributed by atoms with E-state index in [4.69, 9.17) is 9.52 Å². The second-order valence-corrected chi connectivity index (χ2v) is 5.30. The van der Waals surface area contributed by atoms with Crippen LogP contribution in [0.2, 0.25) is 0 Å². The molecule has 1 heterocycles. The summed E-state index contributed by atoms with van der Waals surface area (Å²) in [5.74, 6) is -1.69. The van der Waals surface area contributed by atoms with Crippen molar-refractivity contribution in [3.8, 4) is 5.75 Å². The van der Waals surface area contributed by atoms with Crippen molar-refractivity contribution in [3.63, 3.8) is 0 Å². The number of carboxylic acid groups (broad SMARTS) is 1. The number of para-hydroxylation sites is 1. The van der Waals surface area contributed by atoms with Crippen LogP contribution in [0, 0.1) is 0 Å². The monoisotopic (exact) mass is 310 g/mol. The minimum atomic E-state index is -1.05. The van der Waals surface area contributed by atoms with Gasteiger partial charge in [0.1, 0.15) is 11.3 Å². The molecule has 23 heavy (non-hydrogen) atoms. The van der Waals surface area contributed by atoms with E-state index in [0.29, 0.717) is 16.5 Å². The quantitative estimate of drug-likeness (QED) is 0.724. The second-order valence-electron chi connectivity index (χ2n) is 5.30. The lowest BCUT2D eigenvalue weighted by Crippen LogP contribution is -2.12. The van der Waals surface area contributed by atoms with Gasteiger partial charge in [-0.15, -0.1) is 0 Å². The largest absolute Gasteiger partial charge is 0.507 e. The molecule has 0 amide bonds. The number of hydrogen-bond acceptors (Lipinski definition) is 4. The first-order valence-electron chi connectivity index (χ1n) is 7.07. The van der Waals surface area contributed by atoms with Gasteiger partial charge in [-0.25, -0.2) is 9.59 Å². The fourth-order valence-corrected chi connectivity index (χ4v) is 2.64. The smallest absolute Gasteiger partial charge is 0.343 e. The number of rotatable bonds is 3. The molecule has 0 aliphatic rings. The van der Waals surface area contributed by atoms with Crippen LogP contribution in [0.25, 0.3) is 11.0 Å². The van der Waals surface area contributed by atoms with Crippen LogP contribution in [-0.2, 0) is 0 Å². The van der Waals surface area contributed by atoms with Crippen LogP contribution >= 0.6 is 0 Å². The SMILES string of the molecule is CC(c1cccc(C(=O)O)c1)c1c(O)c2ccccc2oc1=O. The number of carbonyl (C=O) groups is 1. The molecule has 2 N–H and O–H groups in total. The van der Waals surface area contributed by atoms with Gasteiger partial charge in [0.15, 0.2) is 0 Å². The molecule has 0 fully saturated rings. The van der Waals surface area contributed by atoms with Crippen LogP contribution in [-0.4, -0.2) is 16.2 Å². The fraction of sp³-hybridized carbons (Fsp3) is 0.111. The van der Waals surface area contributed by atoms with Gasteiger partial charge in [0.05, 0.1) is 16.5 Å². The third-order valence-electron chi connectivity index (χ3n) is 3.89. The number of carboxylic acids is 1. The van der Waals surface area contributed by atoms with Gasteiger partial charge in [0.25, 0.3) is 0 Å². The van der Waals surface area contributed by atoms with E-state index >= 15 is 0 Å². The standard InChI is InChI=1S/C18H14O5/c1-10(11-5-4-6-12(9-11)17(20)21)15-16(19)13-7-2-3-8-14(13)23-18(15)22/h2-10,19H,1H3,(H,20,21). The molecule has 1 unspecified atom stereocenters. The summed E-state index contributed by atoms with van der Waals surface area (Å²) >= 11 is 0. The summed E-state index contributed by atoms with van der Waals surface area (Å²) < 4.78 is 5.26. The minimum Gasteiger partial charge on any atom is -0.507 e. The molecule has 0 spiro atoms. The summed E-state index contributed by atoms with van der Waals surface area (Å²) in [4.78, 5) is 23.3. The Kier molecular flexibility index (Phi) is 3.62. The van der Waals surface area contributed by atoms with Gasteiger partial charge >= 0.3 is 11.6 Å². The van der Waals surface area contributed by atoms with Crippen LogP contribution in [0.5, 0.6) is 5.75 Å². The lowest BCUT2D eigenvalue weighted by atomic mass is 9.91. The number of hydrogen-bond donors (Lipinski definition) is 2. The van der Waals surface area contributed by atoms with Gasteiger partial charge in [-0.3, -0.25) is 0 Å². The fourth-order valence-electron chi connectivity index (χ4n) is 2.64. The van der Waals surface area contributed by atoms with Gasteiger partial charge in [0.2, 0.25) is 0 Å². The highest BCUT2D eigenvalue weighted by molar-refractivity contribution is 5.88.